The second-order valence-electron chi connectivity index (χ2n) is 6.18. The molecule has 1 fully saturated rings. The maximum absolute atomic E-state index is 12.3. The summed E-state index contributed by atoms with van der Waals surface area (Å²) in [5, 5.41) is 13.8. The van der Waals surface area contributed by atoms with Crippen LogP contribution >= 0.6 is 11.6 Å². The van der Waals surface area contributed by atoms with Crippen LogP contribution in [-0.4, -0.2) is 54.4 Å². The fraction of sp³-hybridized carbons (Fsp3) is 0.389. The van der Waals surface area contributed by atoms with Gasteiger partial charge in [0.2, 0.25) is 5.43 Å². The number of pyridine rings is 1. The Morgan fingerprint density at radius 2 is 2.04 bits per heavy atom. The largest absolute Gasteiger partial charge is 0.503 e. The predicted molar refractivity (Wildman–Crippen MR) is 104 cm³/mol. The summed E-state index contributed by atoms with van der Waals surface area (Å²) >= 11 is 6.19. The van der Waals surface area contributed by atoms with Gasteiger partial charge in [0.05, 0.1) is 23.9 Å². The van der Waals surface area contributed by atoms with E-state index in [9.17, 15) is 9.90 Å². The Labute approximate surface area is 156 Å². The number of hydrogen-bond donors (Lipinski definition) is 4. The molecule has 1 saturated heterocycles. The molecule has 0 amide bonds. The van der Waals surface area contributed by atoms with Gasteiger partial charge in [0.15, 0.2) is 5.75 Å². The number of ether oxygens (including phenoxy) is 1. The molecule has 1 aliphatic rings. The summed E-state index contributed by atoms with van der Waals surface area (Å²) in [5.41, 5.74) is 6.01. The van der Waals surface area contributed by atoms with Crippen LogP contribution in [0.2, 0.25) is 5.02 Å². The van der Waals surface area contributed by atoms with Crippen molar-refractivity contribution in [2.24, 2.45) is 0 Å². The molecule has 1 aromatic carbocycles. The molecule has 0 unspecified atom stereocenters. The van der Waals surface area contributed by atoms with Gasteiger partial charge in [0.25, 0.3) is 0 Å². The minimum absolute atomic E-state index is 0.0373. The molecule has 0 radical (unpaired) electrons. The smallest absolute Gasteiger partial charge is 0.248 e. The summed E-state index contributed by atoms with van der Waals surface area (Å²) in [6, 6.07) is 6.99. The molecule has 1 aliphatic heterocycles. The molecule has 2 aromatic rings. The minimum Gasteiger partial charge on any atom is -0.503 e. The quantitative estimate of drug-likeness (QED) is 0.574. The number of halogens is 1. The maximum Gasteiger partial charge on any atom is 0.248 e. The van der Waals surface area contributed by atoms with Crippen molar-refractivity contribution in [2.75, 3.05) is 50.4 Å². The summed E-state index contributed by atoms with van der Waals surface area (Å²) in [6.07, 6.45) is 0.893. The molecule has 5 N–H and O–H groups in total. The average molecular weight is 379 g/mol. The van der Waals surface area contributed by atoms with Crippen molar-refractivity contribution in [1.82, 2.24) is 9.88 Å². The van der Waals surface area contributed by atoms with Gasteiger partial charge in [0, 0.05) is 25.2 Å². The first-order valence-corrected chi connectivity index (χ1v) is 8.99. The van der Waals surface area contributed by atoms with E-state index in [4.69, 9.17) is 22.1 Å². The monoisotopic (exact) mass is 378 g/mol. The van der Waals surface area contributed by atoms with Crippen molar-refractivity contribution in [2.45, 2.75) is 6.42 Å². The highest BCUT2D eigenvalue weighted by Gasteiger charge is 2.17. The molecule has 26 heavy (non-hydrogen) atoms. The van der Waals surface area contributed by atoms with Crippen molar-refractivity contribution < 1.29 is 9.84 Å². The van der Waals surface area contributed by atoms with Gasteiger partial charge in [-0.1, -0.05) is 29.8 Å². The molecule has 0 aliphatic carbocycles. The third kappa shape index (κ3) is 4.12. The number of nitrogens with zero attached hydrogens (tertiary/aromatic N) is 1. The molecule has 0 saturated carbocycles. The number of aromatic amines is 1. The highest BCUT2D eigenvalue weighted by atomic mass is 35.5. The Balaban J connectivity index is 1.73. The summed E-state index contributed by atoms with van der Waals surface area (Å²) < 4.78 is 5.33. The van der Waals surface area contributed by atoms with Gasteiger partial charge in [-0.05, 0) is 19.0 Å². The number of hydrogen-bond acceptors (Lipinski definition) is 6. The highest BCUT2D eigenvalue weighted by Crippen LogP contribution is 2.32. The molecular formula is C18H23ClN4O3. The summed E-state index contributed by atoms with van der Waals surface area (Å²) in [6.45, 7) is 5.00. The van der Waals surface area contributed by atoms with Gasteiger partial charge in [-0.25, -0.2) is 0 Å². The van der Waals surface area contributed by atoms with Crippen LogP contribution < -0.4 is 16.5 Å². The SMILES string of the molecule is Nc1c(NCCCN2CCOCC2)[nH]c(-c2ccccc2Cl)c(O)c1=O. The number of nitrogen functional groups attached to an aromatic ring is 1. The van der Waals surface area contributed by atoms with Crippen LogP contribution in [0.4, 0.5) is 11.5 Å². The average Bonchev–Trinajstić information content (AvgIpc) is 2.66. The minimum atomic E-state index is -0.616. The van der Waals surface area contributed by atoms with Crippen LogP contribution in [0.1, 0.15) is 6.42 Å². The van der Waals surface area contributed by atoms with E-state index >= 15 is 0 Å². The van der Waals surface area contributed by atoms with E-state index in [1.54, 1.807) is 24.3 Å². The van der Waals surface area contributed by atoms with Gasteiger partial charge < -0.3 is 25.9 Å². The lowest BCUT2D eigenvalue weighted by atomic mass is 10.1. The van der Waals surface area contributed by atoms with Gasteiger partial charge in [-0.3, -0.25) is 9.69 Å². The lowest BCUT2D eigenvalue weighted by Gasteiger charge is -2.26. The van der Waals surface area contributed by atoms with Crippen molar-refractivity contribution in [3.05, 3.63) is 39.5 Å². The van der Waals surface area contributed by atoms with E-state index in [1.165, 1.54) is 0 Å². The van der Waals surface area contributed by atoms with E-state index in [1.807, 2.05) is 0 Å². The lowest BCUT2D eigenvalue weighted by Crippen LogP contribution is -2.37. The van der Waals surface area contributed by atoms with E-state index in [-0.39, 0.29) is 11.4 Å². The third-order valence-corrected chi connectivity index (χ3v) is 4.75. The molecule has 1 aromatic heterocycles. The number of rotatable bonds is 6. The molecule has 0 spiro atoms. The topological polar surface area (TPSA) is 104 Å². The Kier molecular flexibility index (Phi) is 6.03. The van der Waals surface area contributed by atoms with E-state index < -0.39 is 11.2 Å². The fourth-order valence-electron chi connectivity index (χ4n) is 2.95. The van der Waals surface area contributed by atoms with Crippen molar-refractivity contribution >= 4 is 23.1 Å². The van der Waals surface area contributed by atoms with Crippen molar-refractivity contribution in [3.63, 3.8) is 0 Å². The molecule has 140 valence electrons. The highest BCUT2D eigenvalue weighted by molar-refractivity contribution is 6.33. The number of aromatic nitrogens is 1. The second kappa shape index (κ2) is 8.44. The first kappa shape index (κ1) is 18.6. The van der Waals surface area contributed by atoms with Crippen LogP contribution in [0.15, 0.2) is 29.1 Å². The van der Waals surface area contributed by atoms with Gasteiger partial charge in [-0.2, -0.15) is 0 Å². The first-order chi connectivity index (χ1) is 12.6. The van der Waals surface area contributed by atoms with Crippen LogP contribution in [0.3, 0.4) is 0 Å². The number of nitrogens with two attached hydrogens (primary N) is 1. The summed E-state index contributed by atoms with van der Waals surface area (Å²) in [7, 11) is 0. The Hall–Kier alpha value is -2.22. The molecule has 8 heteroatoms. The Morgan fingerprint density at radius 3 is 2.77 bits per heavy atom. The van der Waals surface area contributed by atoms with E-state index in [0.29, 0.717) is 22.9 Å². The zero-order valence-corrected chi connectivity index (χ0v) is 15.2. The number of aromatic hydroxyl groups is 1. The second-order valence-corrected chi connectivity index (χ2v) is 6.59. The first-order valence-electron chi connectivity index (χ1n) is 8.61. The van der Waals surface area contributed by atoms with Crippen molar-refractivity contribution in [1.29, 1.82) is 0 Å². The zero-order chi connectivity index (χ0) is 18.5. The molecule has 0 atom stereocenters. The lowest BCUT2D eigenvalue weighted by molar-refractivity contribution is 0.0378. The van der Waals surface area contributed by atoms with Crippen LogP contribution in [0.5, 0.6) is 5.75 Å². The predicted octanol–water partition coefficient (Wildman–Crippen LogP) is 2.12. The molecule has 0 bridgehead atoms. The number of H-pyrrole nitrogens is 1. The van der Waals surface area contributed by atoms with Crippen LogP contribution in [0, 0.1) is 0 Å². The molecular weight excluding hydrogens is 356 g/mol. The number of anilines is 2. The normalized spacial score (nSPS) is 15.1. The van der Waals surface area contributed by atoms with Crippen molar-refractivity contribution in [3.8, 4) is 17.0 Å². The Morgan fingerprint density at radius 1 is 1.31 bits per heavy atom. The number of morpholine rings is 1. The zero-order valence-electron chi connectivity index (χ0n) is 14.4. The van der Waals surface area contributed by atoms with E-state index in [0.717, 1.165) is 39.3 Å². The Bertz CT molecular complexity index is 819. The van der Waals surface area contributed by atoms with Gasteiger partial charge in [0.1, 0.15) is 11.5 Å². The van der Waals surface area contributed by atoms with Gasteiger partial charge in [-0.15, -0.1) is 0 Å². The number of nitrogens with one attached hydrogen (secondary N) is 2. The molecule has 3 rings (SSSR count). The maximum atomic E-state index is 12.3. The summed E-state index contributed by atoms with van der Waals surface area (Å²) in [4.78, 5) is 17.6. The third-order valence-electron chi connectivity index (χ3n) is 4.42. The van der Waals surface area contributed by atoms with E-state index in [2.05, 4.69) is 15.2 Å². The van der Waals surface area contributed by atoms with Gasteiger partial charge >= 0.3 is 0 Å². The summed E-state index contributed by atoms with van der Waals surface area (Å²) in [5.74, 6) is -0.0424. The standard InChI is InChI=1S/C18H23ClN4O3/c19-13-5-2-1-4-12(13)15-17(25)16(24)14(20)18(22-15)21-6-3-7-23-8-10-26-11-9-23/h1-2,4-5,25H,3,6-11,20H2,(H2,21,22,24). The molecule has 2 heterocycles. The fourth-order valence-corrected chi connectivity index (χ4v) is 3.18. The van der Waals surface area contributed by atoms with Crippen LogP contribution in [0.25, 0.3) is 11.3 Å². The van der Waals surface area contributed by atoms with Crippen LogP contribution in [-0.2, 0) is 4.74 Å². The number of benzene rings is 1. The molecule has 7 nitrogen and oxygen atoms in total.